The first-order valence-electron chi connectivity index (χ1n) is 3.63. The molecule has 0 aromatic rings. The SMILES string of the molecule is CC(C)N(C=S)C(C)(C)C. The molecule has 0 aromatic heterocycles. The van der Waals surface area contributed by atoms with Crippen molar-refractivity contribution in [3.63, 3.8) is 0 Å². The van der Waals surface area contributed by atoms with Gasteiger partial charge in [-0.2, -0.15) is 0 Å². The zero-order valence-corrected chi connectivity index (χ0v) is 8.33. The van der Waals surface area contributed by atoms with Crippen molar-refractivity contribution in [1.82, 2.24) is 4.90 Å². The van der Waals surface area contributed by atoms with Gasteiger partial charge in [-0.25, -0.2) is 0 Å². The molecule has 0 aromatic carbocycles. The minimum atomic E-state index is 0.163. The predicted octanol–water partition coefficient (Wildman–Crippen LogP) is 2.45. The molecule has 0 radical (unpaired) electrons. The minimum Gasteiger partial charge on any atom is -0.361 e. The van der Waals surface area contributed by atoms with Gasteiger partial charge in [-0.3, -0.25) is 0 Å². The van der Waals surface area contributed by atoms with Crippen LogP contribution in [-0.4, -0.2) is 22.0 Å². The molecule has 0 spiro atoms. The molecule has 0 unspecified atom stereocenters. The summed E-state index contributed by atoms with van der Waals surface area (Å²) in [6.45, 7) is 10.8. The average Bonchev–Trinajstić information content (AvgIpc) is 1.60. The van der Waals surface area contributed by atoms with E-state index in [1.165, 1.54) is 0 Å². The fourth-order valence-corrected chi connectivity index (χ4v) is 1.61. The van der Waals surface area contributed by atoms with Crippen molar-refractivity contribution in [3.05, 3.63) is 0 Å². The van der Waals surface area contributed by atoms with Crippen molar-refractivity contribution in [2.75, 3.05) is 0 Å². The highest BCUT2D eigenvalue weighted by atomic mass is 32.1. The van der Waals surface area contributed by atoms with E-state index < -0.39 is 0 Å². The maximum atomic E-state index is 4.90. The zero-order chi connectivity index (χ0) is 8.36. The van der Waals surface area contributed by atoms with Crippen LogP contribution in [0.15, 0.2) is 0 Å². The van der Waals surface area contributed by atoms with E-state index in [9.17, 15) is 0 Å². The molecule has 0 atom stereocenters. The summed E-state index contributed by atoms with van der Waals surface area (Å²) in [7, 11) is 0. The van der Waals surface area contributed by atoms with Crippen molar-refractivity contribution < 1.29 is 0 Å². The first-order chi connectivity index (χ1) is 4.39. The fraction of sp³-hybridized carbons (Fsp3) is 0.875. The highest BCUT2D eigenvalue weighted by Gasteiger charge is 2.19. The minimum absolute atomic E-state index is 0.163. The van der Waals surface area contributed by atoms with Gasteiger partial charge in [0.2, 0.25) is 0 Å². The first-order valence-corrected chi connectivity index (χ1v) is 4.10. The molecule has 0 fully saturated rings. The summed E-state index contributed by atoms with van der Waals surface area (Å²) in [5.41, 5.74) is 1.90. The molecular formula is C8H17NS. The van der Waals surface area contributed by atoms with Gasteiger partial charge in [0, 0.05) is 11.6 Å². The van der Waals surface area contributed by atoms with Gasteiger partial charge in [0.15, 0.2) is 0 Å². The molecule has 2 heteroatoms. The molecule has 1 nitrogen and oxygen atoms in total. The smallest absolute Gasteiger partial charge is 0.0647 e. The second-order valence-corrected chi connectivity index (χ2v) is 3.99. The van der Waals surface area contributed by atoms with Crippen LogP contribution in [0.3, 0.4) is 0 Å². The molecule has 0 N–H and O–H groups in total. The summed E-state index contributed by atoms with van der Waals surface area (Å²) in [6, 6.07) is 0.498. The third-order valence-corrected chi connectivity index (χ3v) is 1.67. The van der Waals surface area contributed by atoms with Crippen molar-refractivity contribution in [1.29, 1.82) is 0 Å². The largest absolute Gasteiger partial charge is 0.361 e. The average molecular weight is 159 g/mol. The first kappa shape index (κ1) is 9.89. The van der Waals surface area contributed by atoms with E-state index in [0.717, 1.165) is 0 Å². The molecule has 0 aliphatic carbocycles. The monoisotopic (exact) mass is 159 g/mol. The Balaban J connectivity index is 4.21. The van der Waals surface area contributed by atoms with Gasteiger partial charge in [0.1, 0.15) is 0 Å². The lowest BCUT2D eigenvalue weighted by Crippen LogP contribution is -2.44. The summed E-state index contributed by atoms with van der Waals surface area (Å²) in [6.07, 6.45) is 0. The Hall–Kier alpha value is -0.110. The Bertz CT molecular complexity index is 113. The lowest BCUT2D eigenvalue weighted by molar-refractivity contribution is 0.206. The third kappa shape index (κ3) is 2.65. The van der Waals surface area contributed by atoms with Gasteiger partial charge in [0.05, 0.1) is 5.49 Å². The summed E-state index contributed by atoms with van der Waals surface area (Å²) in [5, 5.41) is 0. The number of rotatable bonds is 2. The Labute approximate surface area is 69.4 Å². The summed E-state index contributed by atoms with van der Waals surface area (Å²) < 4.78 is 0. The molecule has 0 aliphatic heterocycles. The van der Waals surface area contributed by atoms with Crippen LogP contribution in [0.4, 0.5) is 0 Å². The number of thiocarbonyl (C=S) groups is 1. The molecular weight excluding hydrogens is 142 g/mol. The summed E-state index contributed by atoms with van der Waals surface area (Å²) in [4.78, 5) is 2.17. The van der Waals surface area contributed by atoms with Gasteiger partial charge in [-0.05, 0) is 34.6 Å². The lowest BCUT2D eigenvalue weighted by Gasteiger charge is -2.37. The number of hydrogen-bond acceptors (Lipinski definition) is 1. The van der Waals surface area contributed by atoms with E-state index >= 15 is 0 Å². The van der Waals surface area contributed by atoms with Gasteiger partial charge >= 0.3 is 0 Å². The second kappa shape index (κ2) is 3.33. The molecule has 0 bridgehead atoms. The van der Waals surface area contributed by atoms with Gasteiger partial charge in [-0.1, -0.05) is 12.2 Å². The Kier molecular flexibility index (Phi) is 3.29. The highest BCUT2D eigenvalue weighted by Crippen LogP contribution is 2.14. The van der Waals surface area contributed by atoms with E-state index in [4.69, 9.17) is 12.2 Å². The standard InChI is InChI=1S/C8H17NS/c1-7(2)9(6-10)8(3,4)5/h6-7H,1-5H3. The molecule has 0 saturated heterocycles. The van der Waals surface area contributed by atoms with E-state index in [-0.39, 0.29) is 5.54 Å². The van der Waals surface area contributed by atoms with E-state index in [2.05, 4.69) is 39.5 Å². The van der Waals surface area contributed by atoms with Crippen LogP contribution in [0, 0.1) is 0 Å². The number of hydrogen-bond donors (Lipinski definition) is 0. The van der Waals surface area contributed by atoms with Crippen molar-refractivity contribution in [3.8, 4) is 0 Å². The molecule has 0 aliphatic rings. The topological polar surface area (TPSA) is 3.24 Å². The maximum absolute atomic E-state index is 4.90. The molecule has 0 heterocycles. The van der Waals surface area contributed by atoms with Crippen LogP contribution in [0.25, 0.3) is 0 Å². The van der Waals surface area contributed by atoms with Crippen LogP contribution >= 0.6 is 12.2 Å². The van der Waals surface area contributed by atoms with Crippen molar-refractivity contribution >= 4 is 17.7 Å². The molecule has 0 amide bonds. The maximum Gasteiger partial charge on any atom is 0.0647 e. The normalized spacial score (nSPS) is 11.8. The van der Waals surface area contributed by atoms with Crippen LogP contribution in [0.5, 0.6) is 0 Å². The van der Waals surface area contributed by atoms with Crippen LogP contribution in [0.1, 0.15) is 34.6 Å². The van der Waals surface area contributed by atoms with Gasteiger partial charge in [-0.15, -0.1) is 0 Å². The molecule has 0 saturated carbocycles. The number of nitrogens with zero attached hydrogens (tertiary/aromatic N) is 1. The fourth-order valence-electron chi connectivity index (χ4n) is 1.05. The van der Waals surface area contributed by atoms with E-state index in [1.54, 1.807) is 5.49 Å². The third-order valence-electron chi connectivity index (χ3n) is 1.44. The second-order valence-electron chi connectivity index (χ2n) is 3.78. The predicted molar refractivity (Wildman–Crippen MR) is 50.4 cm³/mol. The summed E-state index contributed by atoms with van der Waals surface area (Å²) in [5.74, 6) is 0. The zero-order valence-electron chi connectivity index (χ0n) is 7.51. The Morgan fingerprint density at radius 2 is 1.70 bits per heavy atom. The Morgan fingerprint density at radius 1 is 1.30 bits per heavy atom. The van der Waals surface area contributed by atoms with Gasteiger partial charge in [0.25, 0.3) is 0 Å². The van der Waals surface area contributed by atoms with Crippen LogP contribution in [0.2, 0.25) is 0 Å². The molecule has 10 heavy (non-hydrogen) atoms. The highest BCUT2D eigenvalue weighted by molar-refractivity contribution is 7.78. The van der Waals surface area contributed by atoms with E-state index in [0.29, 0.717) is 6.04 Å². The van der Waals surface area contributed by atoms with Crippen LogP contribution < -0.4 is 0 Å². The van der Waals surface area contributed by atoms with Crippen molar-refractivity contribution in [2.45, 2.75) is 46.2 Å². The van der Waals surface area contributed by atoms with Gasteiger partial charge < -0.3 is 4.90 Å². The summed E-state index contributed by atoms with van der Waals surface area (Å²) >= 11 is 4.90. The Morgan fingerprint density at radius 3 is 1.70 bits per heavy atom. The molecule has 60 valence electrons. The molecule has 0 rings (SSSR count). The quantitative estimate of drug-likeness (QED) is 0.569. The lowest BCUT2D eigenvalue weighted by atomic mass is 10.1. The van der Waals surface area contributed by atoms with Crippen molar-refractivity contribution in [2.24, 2.45) is 0 Å². The van der Waals surface area contributed by atoms with Crippen LogP contribution in [-0.2, 0) is 0 Å². The van der Waals surface area contributed by atoms with E-state index in [1.807, 2.05) is 0 Å².